The molecule has 0 unspecified atom stereocenters. The lowest BCUT2D eigenvalue weighted by Crippen LogP contribution is -2.36. The highest BCUT2D eigenvalue weighted by Gasteiger charge is 2.18. The van der Waals surface area contributed by atoms with Gasteiger partial charge in [-0.1, -0.05) is 12.1 Å². The molecule has 0 saturated carbocycles. The van der Waals surface area contributed by atoms with Gasteiger partial charge in [0.05, 0.1) is 12.7 Å². The van der Waals surface area contributed by atoms with E-state index in [1.54, 1.807) is 7.11 Å². The molecule has 3 heteroatoms. The summed E-state index contributed by atoms with van der Waals surface area (Å²) in [5.41, 5.74) is 2.19. The Morgan fingerprint density at radius 2 is 2.12 bits per heavy atom. The van der Waals surface area contributed by atoms with E-state index in [4.69, 9.17) is 9.84 Å². The van der Waals surface area contributed by atoms with Crippen molar-refractivity contribution < 1.29 is 9.84 Å². The molecule has 16 heavy (non-hydrogen) atoms. The van der Waals surface area contributed by atoms with Crippen molar-refractivity contribution >= 4 is 5.69 Å². The van der Waals surface area contributed by atoms with Crippen molar-refractivity contribution in [3.63, 3.8) is 0 Å². The predicted octanol–water partition coefficient (Wildman–Crippen LogP) is 1.79. The van der Waals surface area contributed by atoms with Gasteiger partial charge in [0.1, 0.15) is 0 Å². The van der Waals surface area contributed by atoms with E-state index >= 15 is 0 Å². The van der Waals surface area contributed by atoms with E-state index in [1.165, 1.54) is 5.69 Å². The topological polar surface area (TPSA) is 32.7 Å². The third kappa shape index (κ3) is 2.54. The molecule has 1 N–H and O–H groups in total. The fourth-order valence-electron chi connectivity index (χ4n) is 2.20. The number of hydrogen-bond donors (Lipinski definition) is 1. The molecular weight excluding hydrogens is 202 g/mol. The van der Waals surface area contributed by atoms with Gasteiger partial charge in [0.15, 0.2) is 0 Å². The van der Waals surface area contributed by atoms with Gasteiger partial charge in [-0.05, 0) is 30.5 Å². The van der Waals surface area contributed by atoms with Crippen LogP contribution in [0.5, 0.6) is 0 Å². The molecule has 0 atom stereocenters. The Balaban J connectivity index is 2.02. The van der Waals surface area contributed by atoms with Crippen LogP contribution in [0, 0.1) is 0 Å². The normalized spacial score (nSPS) is 17.8. The number of methoxy groups -OCH3 is 1. The molecule has 1 heterocycles. The van der Waals surface area contributed by atoms with Crippen LogP contribution in [0.4, 0.5) is 5.69 Å². The minimum Gasteiger partial charge on any atom is -0.392 e. The van der Waals surface area contributed by atoms with Gasteiger partial charge in [-0.25, -0.2) is 0 Å². The van der Waals surface area contributed by atoms with Gasteiger partial charge in [0, 0.05) is 25.9 Å². The highest BCUT2D eigenvalue weighted by atomic mass is 16.5. The molecule has 1 saturated heterocycles. The summed E-state index contributed by atoms with van der Waals surface area (Å²) in [6, 6.07) is 8.12. The molecule has 0 bridgehead atoms. The number of benzene rings is 1. The van der Waals surface area contributed by atoms with Crippen LogP contribution in [-0.2, 0) is 11.3 Å². The molecule has 0 amide bonds. The van der Waals surface area contributed by atoms with Gasteiger partial charge in [0.2, 0.25) is 0 Å². The number of ether oxygens (including phenoxy) is 1. The number of nitrogens with zero attached hydrogens (tertiary/aromatic N) is 1. The van der Waals surface area contributed by atoms with Gasteiger partial charge in [0.25, 0.3) is 0 Å². The highest BCUT2D eigenvalue weighted by molar-refractivity contribution is 5.48. The van der Waals surface area contributed by atoms with Crippen LogP contribution in [-0.4, -0.2) is 31.4 Å². The van der Waals surface area contributed by atoms with Crippen molar-refractivity contribution in [2.24, 2.45) is 0 Å². The van der Waals surface area contributed by atoms with Crippen molar-refractivity contribution in [3.05, 3.63) is 29.8 Å². The van der Waals surface area contributed by atoms with E-state index in [1.807, 2.05) is 12.1 Å². The van der Waals surface area contributed by atoms with Crippen LogP contribution in [0.3, 0.4) is 0 Å². The summed E-state index contributed by atoms with van der Waals surface area (Å²) in [5.74, 6) is 0. The third-order valence-electron chi connectivity index (χ3n) is 3.23. The van der Waals surface area contributed by atoms with E-state index < -0.39 is 0 Å². The first-order chi connectivity index (χ1) is 7.83. The zero-order chi connectivity index (χ0) is 11.4. The van der Waals surface area contributed by atoms with Crippen molar-refractivity contribution in [2.45, 2.75) is 25.6 Å². The minimum absolute atomic E-state index is 0.113. The van der Waals surface area contributed by atoms with Crippen LogP contribution < -0.4 is 4.90 Å². The molecule has 1 fully saturated rings. The lowest BCUT2D eigenvalue weighted by atomic mass is 10.1. The molecule has 0 radical (unpaired) electrons. The molecule has 1 aliphatic heterocycles. The number of piperidine rings is 1. The van der Waals surface area contributed by atoms with Crippen LogP contribution in [0.1, 0.15) is 18.4 Å². The number of rotatable bonds is 3. The number of aliphatic hydroxyl groups excluding tert-OH is 1. The standard InChI is InChI=1S/C13H19NO2/c1-16-13-5-7-14(8-6-13)12-4-2-3-11(9-12)10-15/h2-4,9,13,15H,5-8,10H2,1H3. The maximum absolute atomic E-state index is 9.10. The first-order valence-corrected chi connectivity index (χ1v) is 5.81. The summed E-state index contributed by atoms with van der Waals surface area (Å²) in [4.78, 5) is 2.36. The van der Waals surface area contributed by atoms with E-state index in [0.717, 1.165) is 31.5 Å². The van der Waals surface area contributed by atoms with E-state index in [-0.39, 0.29) is 6.61 Å². The van der Waals surface area contributed by atoms with Gasteiger partial charge in [-0.15, -0.1) is 0 Å². The molecule has 0 aliphatic carbocycles. The Morgan fingerprint density at radius 1 is 1.38 bits per heavy atom. The molecule has 2 rings (SSSR count). The lowest BCUT2D eigenvalue weighted by molar-refractivity contribution is 0.0819. The van der Waals surface area contributed by atoms with Crippen molar-refractivity contribution in [2.75, 3.05) is 25.1 Å². The van der Waals surface area contributed by atoms with Crippen molar-refractivity contribution in [1.29, 1.82) is 0 Å². The zero-order valence-electron chi connectivity index (χ0n) is 9.72. The molecule has 0 spiro atoms. The van der Waals surface area contributed by atoms with E-state index in [0.29, 0.717) is 6.10 Å². The molecule has 1 aromatic carbocycles. The molecule has 1 aliphatic rings. The van der Waals surface area contributed by atoms with Gasteiger partial charge < -0.3 is 14.7 Å². The maximum Gasteiger partial charge on any atom is 0.0682 e. The lowest BCUT2D eigenvalue weighted by Gasteiger charge is -2.33. The summed E-state index contributed by atoms with van der Waals surface area (Å²) in [6.45, 7) is 2.18. The van der Waals surface area contributed by atoms with Crippen molar-refractivity contribution in [1.82, 2.24) is 0 Å². The SMILES string of the molecule is COC1CCN(c2cccc(CO)c2)CC1. The average Bonchev–Trinajstić information content (AvgIpc) is 2.39. The average molecular weight is 221 g/mol. The largest absolute Gasteiger partial charge is 0.392 e. The number of anilines is 1. The summed E-state index contributed by atoms with van der Waals surface area (Å²) in [7, 11) is 1.78. The first kappa shape index (κ1) is 11.4. The zero-order valence-corrected chi connectivity index (χ0v) is 9.72. The molecular formula is C13H19NO2. The molecule has 3 nitrogen and oxygen atoms in total. The van der Waals surface area contributed by atoms with Crippen LogP contribution in [0.2, 0.25) is 0 Å². The Hall–Kier alpha value is -1.06. The van der Waals surface area contributed by atoms with Crippen LogP contribution in [0.15, 0.2) is 24.3 Å². The molecule has 0 aromatic heterocycles. The summed E-state index contributed by atoms with van der Waals surface area (Å²) in [5, 5.41) is 9.10. The highest BCUT2D eigenvalue weighted by Crippen LogP contribution is 2.22. The summed E-state index contributed by atoms with van der Waals surface area (Å²) < 4.78 is 5.35. The quantitative estimate of drug-likeness (QED) is 0.844. The van der Waals surface area contributed by atoms with Gasteiger partial charge in [-0.2, -0.15) is 0 Å². The molecule has 88 valence electrons. The monoisotopic (exact) mass is 221 g/mol. The Bertz CT molecular complexity index is 332. The second kappa shape index (κ2) is 5.32. The first-order valence-electron chi connectivity index (χ1n) is 5.81. The van der Waals surface area contributed by atoms with Gasteiger partial charge in [-0.3, -0.25) is 0 Å². The van der Waals surface area contributed by atoms with Crippen LogP contribution in [0.25, 0.3) is 0 Å². The maximum atomic E-state index is 9.10. The number of hydrogen-bond acceptors (Lipinski definition) is 3. The van der Waals surface area contributed by atoms with Crippen molar-refractivity contribution in [3.8, 4) is 0 Å². The fraction of sp³-hybridized carbons (Fsp3) is 0.538. The second-order valence-electron chi connectivity index (χ2n) is 4.25. The predicted molar refractivity (Wildman–Crippen MR) is 64.6 cm³/mol. The van der Waals surface area contributed by atoms with Gasteiger partial charge >= 0.3 is 0 Å². The Morgan fingerprint density at radius 3 is 2.75 bits per heavy atom. The fourth-order valence-corrected chi connectivity index (χ4v) is 2.20. The summed E-state index contributed by atoms with van der Waals surface area (Å²) in [6.07, 6.45) is 2.58. The number of aliphatic hydroxyl groups is 1. The van der Waals surface area contributed by atoms with E-state index in [9.17, 15) is 0 Å². The Labute approximate surface area is 96.6 Å². The third-order valence-corrected chi connectivity index (χ3v) is 3.23. The Kier molecular flexibility index (Phi) is 3.80. The second-order valence-corrected chi connectivity index (χ2v) is 4.25. The summed E-state index contributed by atoms with van der Waals surface area (Å²) >= 11 is 0. The van der Waals surface area contributed by atoms with E-state index in [2.05, 4.69) is 17.0 Å². The molecule has 1 aromatic rings. The minimum atomic E-state index is 0.113. The van der Waals surface area contributed by atoms with Crippen LogP contribution >= 0.6 is 0 Å². The smallest absolute Gasteiger partial charge is 0.0682 e.